The third-order valence-corrected chi connectivity index (χ3v) is 4.57. The maximum absolute atomic E-state index is 11.6. The number of ether oxygens (including phenoxy) is 1. The minimum Gasteiger partial charge on any atom is -0.507 e. The van der Waals surface area contributed by atoms with Gasteiger partial charge >= 0.3 is 19.1 Å². The first-order chi connectivity index (χ1) is 14.2. The number of hydrogen-bond acceptors (Lipinski definition) is 9. The monoisotopic (exact) mass is 420 g/mol. The summed E-state index contributed by atoms with van der Waals surface area (Å²) < 4.78 is 6.95. The fourth-order valence-corrected chi connectivity index (χ4v) is 3.13. The van der Waals surface area contributed by atoms with Crippen molar-refractivity contribution in [3.63, 3.8) is 0 Å². The lowest BCUT2D eigenvalue weighted by Crippen LogP contribution is -2.53. The number of carboxylic acid groups (broad SMARTS) is 2. The van der Waals surface area contributed by atoms with E-state index in [2.05, 4.69) is 10.1 Å². The maximum Gasteiger partial charge on any atom is 0.451 e. The van der Waals surface area contributed by atoms with Crippen LogP contribution in [0.4, 0.5) is 0 Å². The van der Waals surface area contributed by atoms with Gasteiger partial charge in [0.05, 0.1) is 6.54 Å². The van der Waals surface area contributed by atoms with Crippen molar-refractivity contribution in [3.8, 4) is 11.5 Å². The zero-order valence-corrected chi connectivity index (χ0v) is 15.9. The summed E-state index contributed by atoms with van der Waals surface area (Å²) in [6.45, 7) is 1.08. The second-order valence-corrected chi connectivity index (χ2v) is 6.96. The van der Waals surface area contributed by atoms with Gasteiger partial charge in [0, 0.05) is 13.1 Å². The number of aromatic hydroxyl groups is 1. The predicted molar refractivity (Wildman–Crippen MR) is 101 cm³/mol. The number of benzene rings is 1. The van der Waals surface area contributed by atoms with E-state index in [1.807, 2.05) is 4.90 Å². The Morgan fingerprint density at radius 1 is 1.23 bits per heavy atom. The number of aromatic carboxylic acids is 1. The summed E-state index contributed by atoms with van der Waals surface area (Å²) >= 11 is 0. The van der Waals surface area contributed by atoms with Crippen LogP contribution in [0.15, 0.2) is 18.5 Å². The first kappa shape index (κ1) is 21.6. The Morgan fingerprint density at radius 2 is 1.97 bits per heavy atom. The molecule has 2 aromatic rings. The minimum absolute atomic E-state index is 0.0295. The van der Waals surface area contributed by atoms with Gasteiger partial charge in [-0.25, -0.2) is 14.5 Å². The molecule has 12 nitrogen and oxygen atoms in total. The number of carbonyl (C=O) groups is 2. The molecule has 1 saturated heterocycles. The van der Waals surface area contributed by atoms with E-state index in [9.17, 15) is 19.8 Å². The van der Waals surface area contributed by atoms with Crippen LogP contribution in [0.25, 0.3) is 0 Å². The molecule has 1 fully saturated rings. The van der Waals surface area contributed by atoms with Gasteiger partial charge in [-0.1, -0.05) is 6.07 Å². The quantitative estimate of drug-likeness (QED) is 0.299. The minimum atomic E-state index is -1.56. The normalized spacial score (nSPS) is 14.3. The van der Waals surface area contributed by atoms with Gasteiger partial charge in [-0.15, -0.1) is 0 Å². The molecule has 0 saturated carbocycles. The number of hydrogen-bond donors (Lipinski definition) is 5. The Balaban J connectivity index is 1.58. The average molecular weight is 420 g/mol. The van der Waals surface area contributed by atoms with Crippen molar-refractivity contribution in [2.75, 3.05) is 13.1 Å². The Hall–Kier alpha value is -3.16. The molecule has 160 valence electrons. The van der Waals surface area contributed by atoms with Crippen molar-refractivity contribution in [1.82, 2.24) is 19.7 Å². The number of aromatic nitrogens is 3. The van der Waals surface area contributed by atoms with Crippen LogP contribution < -0.4 is 4.74 Å². The summed E-state index contributed by atoms with van der Waals surface area (Å²) in [6.07, 6.45) is 1.11. The second-order valence-electron chi connectivity index (χ2n) is 6.96. The molecule has 0 aliphatic carbocycles. The largest absolute Gasteiger partial charge is 0.507 e. The maximum atomic E-state index is 11.6. The Morgan fingerprint density at radius 3 is 2.60 bits per heavy atom. The lowest BCUT2D eigenvalue weighted by Gasteiger charge is -2.38. The van der Waals surface area contributed by atoms with Crippen molar-refractivity contribution in [2.45, 2.75) is 31.9 Å². The van der Waals surface area contributed by atoms with Crippen molar-refractivity contribution in [2.24, 2.45) is 0 Å². The Labute approximate surface area is 171 Å². The lowest BCUT2D eigenvalue weighted by molar-refractivity contribution is -0.137. The smallest absolute Gasteiger partial charge is 0.451 e. The second kappa shape index (κ2) is 9.11. The van der Waals surface area contributed by atoms with E-state index < -0.39 is 24.8 Å². The van der Waals surface area contributed by atoms with Gasteiger partial charge in [-0.3, -0.25) is 9.69 Å². The van der Waals surface area contributed by atoms with E-state index >= 15 is 0 Å². The van der Waals surface area contributed by atoms with Crippen LogP contribution in [0.2, 0.25) is 6.32 Å². The summed E-state index contributed by atoms with van der Waals surface area (Å²) in [5, 5.41) is 50.5. The van der Waals surface area contributed by atoms with Crippen LogP contribution in [0, 0.1) is 0 Å². The van der Waals surface area contributed by atoms with Crippen LogP contribution in [0.3, 0.4) is 0 Å². The van der Waals surface area contributed by atoms with Gasteiger partial charge < -0.3 is 30.1 Å². The van der Waals surface area contributed by atoms with Gasteiger partial charge in [0.15, 0.2) is 5.82 Å². The molecular weight excluding hydrogens is 399 g/mol. The van der Waals surface area contributed by atoms with Crippen LogP contribution in [0.1, 0.15) is 21.7 Å². The van der Waals surface area contributed by atoms with E-state index in [4.69, 9.17) is 19.9 Å². The molecule has 1 aromatic carbocycles. The number of likely N-dealkylation sites (tertiary alicyclic amines) is 1. The highest BCUT2D eigenvalue weighted by Gasteiger charge is 2.31. The number of nitrogens with zero attached hydrogens (tertiary/aromatic N) is 4. The molecule has 3 rings (SSSR count). The fraction of sp³-hybridized carbons (Fsp3) is 0.412. The molecule has 0 amide bonds. The summed E-state index contributed by atoms with van der Waals surface area (Å²) in [7, 11) is -1.56. The molecule has 5 N–H and O–H groups in total. The van der Waals surface area contributed by atoms with Gasteiger partial charge in [-0.05, 0) is 24.4 Å². The van der Waals surface area contributed by atoms with Crippen LogP contribution in [-0.2, 0) is 24.3 Å². The standard InChI is InChI=1S/C17H21BN4O8/c23-14(24)8-22-9-19-13(20-22)7-21-5-11(6-21)30-12-2-1-10(3-4-18(28)29)16(25)15(12)17(26)27/h1-2,9,11,25,28-29H,3-8H2,(H,23,24)(H,26,27). The van der Waals surface area contributed by atoms with Crippen molar-refractivity contribution in [1.29, 1.82) is 0 Å². The first-order valence-electron chi connectivity index (χ1n) is 9.16. The highest BCUT2D eigenvalue weighted by atomic mass is 16.5. The molecule has 1 aliphatic heterocycles. The first-order valence-corrected chi connectivity index (χ1v) is 9.16. The van der Waals surface area contributed by atoms with Gasteiger partial charge in [-0.2, -0.15) is 5.10 Å². The third-order valence-electron chi connectivity index (χ3n) is 4.57. The molecular formula is C17H21BN4O8. The predicted octanol–water partition coefficient (Wildman–Crippen LogP) is -0.955. The number of phenols is 1. The summed E-state index contributed by atoms with van der Waals surface area (Å²) in [5.74, 6) is -2.32. The van der Waals surface area contributed by atoms with Crippen LogP contribution in [-0.4, -0.2) is 83.3 Å². The molecule has 1 aromatic heterocycles. The zero-order chi connectivity index (χ0) is 21.8. The molecule has 0 atom stereocenters. The number of carboxylic acids is 2. The summed E-state index contributed by atoms with van der Waals surface area (Å²) in [4.78, 5) is 28.3. The Kier molecular flexibility index (Phi) is 6.55. The number of aliphatic carboxylic acids is 1. The van der Waals surface area contributed by atoms with Gasteiger partial charge in [0.1, 0.15) is 36.0 Å². The fourth-order valence-electron chi connectivity index (χ4n) is 3.13. The lowest BCUT2D eigenvalue weighted by atomic mass is 9.82. The van der Waals surface area contributed by atoms with Crippen molar-refractivity contribution >= 4 is 19.1 Å². The van der Waals surface area contributed by atoms with Crippen LogP contribution in [0.5, 0.6) is 11.5 Å². The molecule has 0 spiro atoms. The van der Waals surface area contributed by atoms with E-state index in [1.54, 1.807) is 0 Å². The van der Waals surface area contributed by atoms with E-state index in [0.29, 0.717) is 25.5 Å². The van der Waals surface area contributed by atoms with Gasteiger partial charge in [0.25, 0.3) is 0 Å². The van der Waals surface area contributed by atoms with E-state index in [1.165, 1.54) is 23.1 Å². The zero-order valence-electron chi connectivity index (χ0n) is 15.9. The van der Waals surface area contributed by atoms with Gasteiger partial charge in [0.2, 0.25) is 0 Å². The molecule has 2 heterocycles. The van der Waals surface area contributed by atoms with E-state index in [-0.39, 0.29) is 42.3 Å². The van der Waals surface area contributed by atoms with Crippen molar-refractivity contribution in [3.05, 3.63) is 35.4 Å². The topological polar surface area (TPSA) is 178 Å². The third kappa shape index (κ3) is 5.26. The highest BCUT2D eigenvalue weighted by Crippen LogP contribution is 2.34. The Bertz CT molecular complexity index is 928. The molecule has 30 heavy (non-hydrogen) atoms. The number of rotatable bonds is 10. The average Bonchev–Trinajstić information content (AvgIpc) is 3.04. The summed E-state index contributed by atoms with van der Waals surface area (Å²) in [5.41, 5.74) is -0.0847. The highest BCUT2D eigenvalue weighted by molar-refractivity contribution is 6.41. The number of aryl methyl sites for hydroxylation is 1. The molecule has 1 aliphatic rings. The molecule has 0 unspecified atom stereocenters. The summed E-state index contributed by atoms with van der Waals surface area (Å²) in [6, 6.07) is 2.94. The molecule has 0 bridgehead atoms. The van der Waals surface area contributed by atoms with Crippen LogP contribution >= 0.6 is 0 Å². The van der Waals surface area contributed by atoms with E-state index in [0.717, 1.165) is 0 Å². The van der Waals surface area contributed by atoms with Crippen molar-refractivity contribution < 1.29 is 39.7 Å². The molecule has 13 heteroatoms. The SMILES string of the molecule is O=C(O)Cn1cnc(CN2CC(Oc3ccc(CCB(O)O)c(O)c3C(=O)O)C2)n1. The molecule has 0 radical (unpaired) electrons.